The molecule has 1 atom stereocenters. The SMILES string of the molecule is CCOC(C)([O])OC. The Balaban J connectivity index is 3.37. The summed E-state index contributed by atoms with van der Waals surface area (Å²) in [7, 11) is 1.32. The molecule has 0 rings (SSSR count). The fourth-order valence-corrected chi connectivity index (χ4v) is 0.321. The van der Waals surface area contributed by atoms with E-state index in [0.29, 0.717) is 6.61 Å². The van der Waals surface area contributed by atoms with E-state index in [1.54, 1.807) is 6.92 Å². The summed E-state index contributed by atoms with van der Waals surface area (Å²) in [4.78, 5) is 0. The van der Waals surface area contributed by atoms with Crippen molar-refractivity contribution in [3.63, 3.8) is 0 Å². The highest BCUT2D eigenvalue weighted by atomic mass is 16.8. The summed E-state index contributed by atoms with van der Waals surface area (Å²) in [6, 6.07) is 0. The summed E-state index contributed by atoms with van der Waals surface area (Å²) in [5.74, 6) is -1.66. The Morgan fingerprint density at radius 1 is 1.62 bits per heavy atom. The van der Waals surface area contributed by atoms with Gasteiger partial charge in [-0.05, 0) is 6.92 Å². The van der Waals surface area contributed by atoms with E-state index < -0.39 is 5.97 Å². The topological polar surface area (TPSA) is 38.4 Å². The molecule has 0 saturated carbocycles. The monoisotopic (exact) mass is 119 g/mol. The maximum atomic E-state index is 10.6. The minimum Gasteiger partial charge on any atom is -0.329 e. The highest BCUT2D eigenvalue weighted by Gasteiger charge is 2.20. The van der Waals surface area contributed by atoms with E-state index in [0.717, 1.165) is 0 Å². The van der Waals surface area contributed by atoms with Gasteiger partial charge in [-0.2, -0.15) is 5.11 Å². The van der Waals surface area contributed by atoms with Gasteiger partial charge in [0.15, 0.2) is 0 Å². The van der Waals surface area contributed by atoms with Gasteiger partial charge >= 0.3 is 5.97 Å². The second-order valence-electron chi connectivity index (χ2n) is 1.50. The van der Waals surface area contributed by atoms with Gasteiger partial charge in [0, 0.05) is 20.6 Å². The largest absolute Gasteiger partial charge is 0.329 e. The van der Waals surface area contributed by atoms with E-state index in [4.69, 9.17) is 0 Å². The second kappa shape index (κ2) is 3.02. The lowest BCUT2D eigenvalue weighted by atomic mass is 10.6. The molecular weight excluding hydrogens is 108 g/mol. The van der Waals surface area contributed by atoms with Gasteiger partial charge < -0.3 is 9.47 Å². The molecule has 0 aliphatic heterocycles. The molecule has 0 aromatic carbocycles. The van der Waals surface area contributed by atoms with E-state index in [1.807, 2.05) is 0 Å². The van der Waals surface area contributed by atoms with Crippen LogP contribution in [0.4, 0.5) is 0 Å². The molecule has 0 fully saturated rings. The average molecular weight is 119 g/mol. The molecule has 0 heterocycles. The van der Waals surface area contributed by atoms with Crippen molar-refractivity contribution in [2.45, 2.75) is 19.8 Å². The highest BCUT2D eigenvalue weighted by Crippen LogP contribution is 2.04. The van der Waals surface area contributed by atoms with Gasteiger partial charge in [-0.15, -0.1) is 0 Å². The zero-order valence-electron chi connectivity index (χ0n) is 5.43. The molecule has 0 saturated heterocycles. The van der Waals surface area contributed by atoms with Crippen LogP contribution >= 0.6 is 0 Å². The van der Waals surface area contributed by atoms with Crippen molar-refractivity contribution in [1.82, 2.24) is 0 Å². The van der Waals surface area contributed by atoms with E-state index in [-0.39, 0.29) is 0 Å². The molecule has 0 aliphatic rings. The summed E-state index contributed by atoms with van der Waals surface area (Å²) in [5.41, 5.74) is 0. The standard InChI is InChI=1S/C5H11O3/c1-4-8-5(2,6)7-3/h4H2,1-3H3. The van der Waals surface area contributed by atoms with Crippen molar-refractivity contribution in [3.05, 3.63) is 0 Å². The molecule has 1 radical (unpaired) electrons. The van der Waals surface area contributed by atoms with Crippen molar-refractivity contribution >= 4 is 0 Å². The van der Waals surface area contributed by atoms with Crippen LogP contribution in [0.5, 0.6) is 0 Å². The van der Waals surface area contributed by atoms with Crippen molar-refractivity contribution < 1.29 is 14.6 Å². The van der Waals surface area contributed by atoms with E-state index >= 15 is 0 Å². The number of hydrogen-bond acceptors (Lipinski definition) is 2. The van der Waals surface area contributed by atoms with Crippen LogP contribution in [0.2, 0.25) is 0 Å². The van der Waals surface area contributed by atoms with Crippen LogP contribution in [0, 0.1) is 0 Å². The van der Waals surface area contributed by atoms with Crippen molar-refractivity contribution in [1.29, 1.82) is 0 Å². The van der Waals surface area contributed by atoms with Gasteiger partial charge in [0.2, 0.25) is 0 Å². The first-order valence-electron chi connectivity index (χ1n) is 2.52. The van der Waals surface area contributed by atoms with Gasteiger partial charge in [-0.1, -0.05) is 0 Å². The van der Waals surface area contributed by atoms with E-state index in [9.17, 15) is 5.11 Å². The Morgan fingerprint density at radius 3 is 2.25 bits per heavy atom. The minimum atomic E-state index is -1.66. The number of hydrogen-bond donors (Lipinski definition) is 0. The minimum absolute atomic E-state index is 0.383. The highest BCUT2D eigenvalue weighted by molar-refractivity contribution is 4.36. The van der Waals surface area contributed by atoms with Crippen molar-refractivity contribution in [3.8, 4) is 0 Å². The third kappa shape index (κ3) is 2.96. The lowest BCUT2D eigenvalue weighted by molar-refractivity contribution is -0.365. The molecule has 3 nitrogen and oxygen atoms in total. The Kier molecular flexibility index (Phi) is 2.97. The smallest absolute Gasteiger partial charge is 0.309 e. The van der Waals surface area contributed by atoms with Crippen LogP contribution in [0.25, 0.3) is 0 Å². The summed E-state index contributed by atoms with van der Waals surface area (Å²) < 4.78 is 9.00. The summed E-state index contributed by atoms with van der Waals surface area (Å²) in [6.07, 6.45) is 0. The quantitative estimate of drug-likeness (QED) is 0.515. The molecule has 0 aromatic heterocycles. The van der Waals surface area contributed by atoms with Crippen LogP contribution in [0.15, 0.2) is 0 Å². The third-order valence-electron chi connectivity index (χ3n) is 0.777. The first-order chi connectivity index (χ1) is 3.62. The van der Waals surface area contributed by atoms with Gasteiger partial charge in [0.1, 0.15) is 0 Å². The molecule has 1 unspecified atom stereocenters. The second-order valence-corrected chi connectivity index (χ2v) is 1.50. The van der Waals surface area contributed by atoms with Crippen LogP contribution < -0.4 is 0 Å². The normalized spacial score (nSPS) is 18.0. The zero-order chi connectivity index (χ0) is 6.62. The molecule has 0 amide bonds. The Labute approximate surface area is 49.2 Å². The van der Waals surface area contributed by atoms with Gasteiger partial charge in [0.25, 0.3) is 0 Å². The van der Waals surface area contributed by atoms with E-state index in [2.05, 4.69) is 9.47 Å². The average Bonchev–Trinajstić information content (AvgIpc) is 1.67. The molecule has 0 N–H and O–H groups in total. The van der Waals surface area contributed by atoms with Crippen LogP contribution in [0.3, 0.4) is 0 Å². The first kappa shape index (κ1) is 7.88. The number of ether oxygens (including phenoxy) is 2. The molecule has 3 heteroatoms. The maximum Gasteiger partial charge on any atom is 0.309 e. The molecule has 8 heavy (non-hydrogen) atoms. The fraction of sp³-hybridized carbons (Fsp3) is 1.00. The number of rotatable bonds is 3. The summed E-state index contributed by atoms with van der Waals surface area (Å²) >= 11 is 0. The van der Waals surface area contributed by atoms with Gasteiger partial charge in [0.05, 0.1) is 0 Å². The molecule has 0 bridgehead atoms. The Hall–Kier alpha value is -0.120. The fourth-order valence-electron chi connectivity index (χ4n) is 0.321. The molecule has 0 spiro atoms. The van der Waals surface area contributed by atoms with Crippen molar-refractivity contribution in [2.24, 2.45) is 0 Å². The first-order valence-corrected chi connectivity index (χ1v) is 2.52. The van der Waals surface area contributed by atoms with Crippen LogP contribution in [-0.2, 0) is 14.6 Å². The Bertz CT molecular complexity index is 60.7. The summed E-state index contributed by atoms with van der Waals surface area (Å²) in [6.45, 7) is 3.46. The Morgan fingerprint density at radius 2 is 2.12 bits per heavy atom. The third-order valence-corrected chi connectivity index (χ3v) is 0.777. The van der Waals surface area contributed by atoms with Gasteiger partial charge in [-0.3, -0.25) is 0 Å². The molecule has 0 aliphatic carbocycles. The van der Waals surface area contributed by atoms with Crippen molar-refractivity contribution in [2.75, 3.05) is 13.7 Å². The van der Waals surface area contributed by atoms with Crippen LogP contribution in [0.1, 0.15) is 13.8 Å². The molecule has 49 valence electrons. The molecule has 0 aromatic rings. The zero-order valence-corrected chi connectivity index (χ0v) is 5.43. The number of methoxy groups -OCH3 is 1. The maximum absolute atomic E-state index is 10.6. The lowest BCUT2D eigenvalue weighted by Crippen LogP contribution is -2.28. The van der Waals surface area contributed by atoms with Gasteiger partial charge in [-0.25, -0.2) is 0 Å². The predicted octanol–water partition coefficient (Wildman–Crippen LogP) is 0.773. The molecular formula is C5H11O3. The lowest BCUT2D eigenvalue weighted by Gasteiger charge is -2.16. The predicted molar refractivity (Wildman–Crippen MR) is 27.7 cm³/mol. The van der Waals surface area contributed by atoms with E-state index in [1.165, 1.54) is 14.0 Å². The summed E-state index contributed by atoms with van der Waals surface area (Å²) in [5, 5.41) is 10.6. The van der Waals surface area contributed by atoms with Crippen LogP contribution in [-0.4, -0.2) is 19.7 Å².